The van der Waals surface area contributed by atoms with Crippen LogP contribution in [0.4, 0.5) is 0 Å². The van der Waals surface area contributed by atoms with Gasteiger partial charge < -0.3 is 14.3 Å². The third-order valence-corrected chi connectivity index (χ3v) is 9.25. The molecule has 0 saturated heterocycles. The summed E-state index contributed by atoms with van der Waals surface area (Å²) in [5, 5.41) is 10.6. The van der Waals surface area contributed by atoms with Gasteiger partial charge >= 0.3 is 0 Å². The first kappa shape index (κ1) is 18.8. The van der Waals surface area contributed by atoms with Crippen molar-refractivity contribution in [2.45, 2.75) is 51.4 Å². The predicted octanol–water partition coefficient (Wildman–Crippen LogP) is 3.56. The van der Waals surface area contributed by atoms with E-state index in [1.165, 1.54) is 0 Å². The first-order valence-corrected chi connectivity index (χ1v) is 11.2. The number of hydrogen-bond acceptors (Lipinski definition) is 5. The summed E-state index contributed by atoms with van der Waals surface area (Å²) < 4.78 is 11.3. The van der Waals surface area contributed by atoms with E-state index in [2.05, 4.69) is 43.8 Å². The largest absolute Gasteiger partial charge is 0.481 e. The fraction of sp³-hybridized carbons (Fsp3) is 0.556. The van der Waals surface area contributed by atoms with Crippen molar-refractivity contribution in [3.63, 3.8) is 0 Å². The number of rotatable bonds is 6. The van der Waals surface area contributed by atoms with Gasteiger partial charge in [0.05, 0.1) is 30.9 Å². The van der Waals surface area contributed by atoms with Gasteiger partial charge in [-0.25, -0.2) is 4.98 Å². The summed E-state index contributed by atoms with van der Waals surface area (Å²) >= 11 is 0. The fourth-order valence-corrected chi connectivity index (χ4v) is 3.22. The number of aliphatic hydroxyl groups is 1. The van der Waals surface area contributed by atoms with E-state index in [0.29, 0.717) is 18.9 Å². The molecule has 0 aliphatic rings. The zero-order valence-electron chi connectivity index (χ0n) is 15.5. The maximum Gasteiger partial charge on any atom is 0.213 e. The molecule has 1 N–H and O–H groups in total. The first-order chi connectivity index (χ1) is 11.1. The SMILES string of the molecule is COc1ccc2nccc(CC(O)CO[Si](C)(C)C(C)(C)C)c2n1. The van der Waals surface area contributed by atoms with Crippen LogP contribution >= 0.6 is 0 Å². The predicted molar refractivity (Wildman–Crippen MR) is 98.9 cm³/mol. The van der Waals surface area contributed by atoms with Crippen LogP contribution in [0.25, 0.3) is 11.0 Å². The quantitative estimate of drug-likeness (QED) is 0.809. The van der Waals surface area contributed by atoms with Gasteiger partial charge in [0.15, 0.2) is 8.32 Å². The Morgan fingerprint density at radius 1 is 1.21 bits per heavy atom. The third kappa shape index (κ3) is 4.31. The van der Waals surface area contributed by atoms with E-state index in [4.69, 9.17) is 9.16 Å². The lowest BCUT2D eigenvalue weighted by molar-refractivity contribution is 0.100. The van der Waals surface area contributed by atoms with Crippen molar-refractivity contribution in [1.82, 2.24) is 9.97 Å². The molecule has 0 bridgehead atoms. The minimum absolute atomic E-state index is 0.130. The molecule has 0 saturated carbocycles. The standard InChI is InChI=1S/C18H28N2O3Si/c1-18(2,3)24(5,6)23-12-14(21)11-13-9-10-19-15-7-8-16(22-4)20-17(13)15/h7-10,14,21H,11-12H2,1-6H3. The summed E-state index contributed by atoms with van der Waals surface area (Å²) in [4.78, 5) is 8.78. The van der Waals surface area contributed by atoms with Gasteiger partial charge in [-0.05, 0) is 35.8 Å². The van der Waals surface area contributed by atoms with Gasteiger partial charge in [-0.15, -0.1) is 0 Å². The maximum absolute atomic E-state index is 10.4. The highest BCUT2D eigenvalue weighted by molar-refractivity contribution is 6.74. The molecule has 2 heterocycles. The Balaban J connectivity index is 2.12. The van der Waals surface area contributed by atoms with Gasteiger partial charge in [0.1, 0.15) is 0 Å². The molecular formula is C18H28N2O3Si. The summed E-state index contributed by atoms with van der Waals surface area (Å²) in [6.07, 6.45) is 1.65. The van der Waals surface area contributed by atoms with E-state index in [9.17, 15) is 5.11 Å². The molecule has 0 aliphatic carbocycles. The number of pyridine rings is 2. The smallest absolute Gasteiger partial charge is 0.213 e. The van der Waals surface area contributed by atoms with Crippen LogP contribution in [0.15, 0.2) is 24.4 Å². The highest BCUT2D eigenvalue weighted by Crippen LogP contribution is 2.36. The Labute approximate surface area is 145 Å². The van der Waals surface area contributed by atoms with Crippen molar-refractivity contribution >= 4 is 19.4 Å². The molecule has 132 valence electrons. The Morgan fingerprint density at radius 3 is 2.54 bits per heavy atom. The average Bonchev–Trinajstić information content (AvgIpc) is 2.52. The van der Waals surface area contributed by atoms with Crippen molar-refractivity contribution < 1.29 is 14.3 Å². The Bertz CT molecular complexity index is 698. The molecule has 0 aliphatic heterocycles. The van der Waals surface area contributed by atoms with E-state index in [0.717, 1.165) is 16.6 Å². The molecule has 0 spiro atoms. The summed E-state index contributed by atoms with van der Waals surface area (Å²) in [5.41, 5.74) is 2.51. The Morgan fingerprint density at radius 2 is 1.92 bits per heavy atom. The van der Waals surface area contributed by atoms with Gasteiger partial charge in [0.25, 0.3) is 0 Å². The fourth-order valence-electron chi connectivity index (χ4n) is 2.17. The first-order valence-electron chi connectivity index (χ1n) is 8.25. The minimum Gasteiger partial charge on any atom is -0.481 e. The molecular weight excluding hydrogens is 320 g/mol. The summed E-state index contributed by atoms with van der Waals surface area (Å²) in [5.74, 6) is 0.545. The molecule has 0 amide bonds. The van der Waals surface area contributed by atoms with Crippen molar-refractivity contribution in [3.8, 4) is 5.88 Å². The monoisotopic (exact) mass is 348 g/mol. The lowest BCUT2D eigenvalue weighted by Gasteiger charge is -2.36. The van der Waals surface area contributed by atoms with Crippen LogP contribution in [-0.2, 0) is 10.8 Å². The van der Waals surface area contributed by atoms with Crippen molar-refractivity contribution in [2.24, 2.45) is 0 Å². The van der Waals surface area contributed by atoms with Crippen LogP contribution < -0.4 is 4.74 Å². The van der Waals surface area contributed by atoms with Crippen LogP contribution in [0.1, 0.15) is 26.3 Å². The molecule has 2 rings (SSSR count). The van der Waals surface area contributed by atoms with Gasteiger partial charge in [0, 0.05) is 18.7 Å². The average molecular weight is 349 g/mol. The Hall–Kier alpha value is -1.50. The van der Waals surface area contributed by atoms with Crippen LogP contribution in [-0.4, -0.2) is 43.2 Å². The molecule has 0 aromatic carbocycles. The second-order valence-corrected chi connectivity index (χ2v) is 12.4. The van der Waals surface area contributed by atoms with Crippen molar-refractivity contribution in [1.29, 1.82) is 0 Å². The molecule has 24 heavy (non-hydrogen) atoms. The van der Waals surface area contributed by atoms with E-state index in [1.807, 2.05) is 12.1 Å². The summed E-state index contributed by atoms with van der Waals surface area (Å²) in [6.45, 7) is 11.3. The normalized spacial score (nSPS) is 14.0. The second kappa shape index (κ2) is 7.17. The lowest BCUT2D eigenvalue weighted by atomic mass is 10.1. The molecule has 5 nitrogen and oxygen atoms in total. The van der Waals surface area contributed by atoms with E-state index in [1.54, 1.807) is 19.4 Å². The number of aromatic nitrogens is 2. The zero-order chi connectivity index (χ0) is 18.0. The number of ether oxygens (including phenoxy) is 1. The van der Waals surface area contributed by atoms with E-state index >= 15 is 0 Å². The molecule has 2 aromatic heterocycles. The number of hydrogen-bond donors (Lipinski definition) is 1. The van der Waals surface area contributed by atoms with Crippen molar-refractivity contribution in [3.05, 3.63) is 30.0 Å². The molecule has 1 atom stereocenters. The number of methoxy groups -OCH3 is 1. The highest BCUT2D eigenvalue weighted by atomic mass is 28.4. The summed E-state index contributed by atoms with van der Waals surface area (Å²) in [7, 11) is -0.272. The van der Waals surface area contributed by atoms with Crippen LogP contribution in [0.5, 0.6) is 5.88 Å². The maximum atomic E-state index is 10.4. The molecule has 0 fully saturated rings. The molecule has 0 radical (unpaired) electrons. The highest BCUT2D eigenvalue weighted by Gasteiger charge is 2.37. The van der Waals surface area contributed by atoms with Crippen LogP contribution in [0.3, 0.4) is 0 Å². The van der Waals surface area contributed by atoms with Crippen LogP contribution in [0, 0.1) is 0 Å². The molecule has 2 aromatic rings. The van der Waals surface area contributed by atoms with E-state index < -0.39 is 14.4 Å². The summed E-state index contributed by atoms with van der Waals surface area (Å²) in [6, 6.07) is 5.56. The molecule has 6 heteroatoms. The number of fused-ring (bicyclic) bond motifs is 1. The van der Waals surface area contributed by atoms with Gasteiger partial charge in [-0.1, -0.05) is 20.8 Å². The van der Waals surface area contributed by atoms with Gasteiger partial charge in [0.2, 0.25) is 5.88 Å². The number of nitrogens with zero attached hydrogens (tertiary/aromatic N) is 2. The minimum atomic E-state index is -1.86. The van der Waals surface area contributed by atoms with E-state index in [-0.39, 0.29) is 5.04 Å². The lowest BCUT2D eigenvalue weighted by Crippen LogP contribution is -2.42. The molecule has 1 unspecified atom stereocenters. The van der Waals surface area contributed by atoms with Crippen LogP contribution in [0.2, 0.25) is 18.1 Å². The number of aliphatic hydroxyl groups excluding tert-OH is 1. The zero-order valence-corrected chi connectivity index (χ0v) is 16.5. The Kier molecular flexibility index (Phi) is 5.62. The third-order valence-electron chi connectivity index (χ3n) is 4.75. The van der Waals surface area contributed by atoms with Crippen molar-refractivity contribution in [2.75, 3.05) is 13.7 Å². The topological polar surface area (TPSA) is 64.5 Å². The van der Waals surface area contributed by atoms with Gasteiger partial charge in [-0.3, -0.25) is 4.98 Å². The van der Waals surface area contributed by atoms with Gasteiger partial charge in [-0.2, -0.15) is 0 Å². The second-order valence-electron chi connectivity index (χ2n) is 7.62.